The van der Waals surface area contributed by atoms with Gasteiger partial charge in [0.05, 0.1) is 23.5 Å². The fraction of sp³-hybridized carbons (Fsp3) is 0.333. The van der Waals surface area contributed by atoms with Gasteiger partial charge in [0.25, 0.3) is 0 Å². The Bertz CT molecular complexity index is 852. The lowest BCUT2D eigenvalue weighted by molar-refractivity contribution is -0.137. The van der Waals surface area contributed by atoms with E-state index in [0.29, 0.717) is 29.7 Å². The van der Waals surface area contributed by atoms with Crippen LogP contribution in [0.4, 0.5) is 0 Å². The highest BCUT2D eigenvalue weighted by Crippen LogP contribution is 2.30. The van der Waals surface area contributed by atoms with Gasteiger partial charge < -0.3 is 9.64 Å². The first-order valence-corrected chi connectivity index (χ1v) is 10.5. The van der Waals surface area contributed by atoms with Crippen molar-refractivity contribution in [1.29, 1.82) is 0 Å². The van der Waals surface area contributed by atoms with Crippen LogP contribution in [-0.4, -0.2) is 56.2 Å². The van der Waals surface area contributed by atoms with E-state index >= 15 is 0 Å². The Hall–Kier alpha value is -2.26. The predicted molar refractivity (Wildman–Crippen MR) is 106 cm³/mol. The van der Waals surface area contributed by atoms with Gasteiger partial charge in [-0.1, -0.05) is 41.7 Å². The molecule has 1 aromatic carbocycles. The lowest BCUT2D eigenvalue weighted by atomic mass is 10.3. The number of ether oxygens (including phenoxy) is 1. The van der Waals surface area contributed by atoms with Crippen molar-refractivity contribution in [2.24, 2.45) is 0 Å². The molecule has 1 amide bonds. The lowest BCUT2D eigenvalue weighted by Crippen LogP contribution is -2.27. The zero-order chi connectivity index (χ0) is 19.2. The zero-order valence-corrected chi connectivity index (χ0v) is 16.8. The quantitative estimate of drug-likeness (QED) is 0.399. The molecule has 9 heteroatoms. The van der Waals surface area contributed by atoms with E-state index in [4.69, 9.17) is 4.74 Å². The Morgan fingerprint density at radius 3 is 2.85 bits per heavy atom. The Morgan fingerprint density at radius 1 is 1.33 bits per heavy atom. The molecule has 1 fully saturated rings. The summed E-state index contributed by atoms with van der Waals surface area (Å²) in [7, 11) is 0. The summed E-state index contributed by atoms with van der Waals surface area (Å²) < 4.78 is 6.92. The molecular weight excluding hydrogens is 384 g/mol. The summed E-state index contributed by atoms with van der Waals surface area (Å²) in [6.45, 7) is 4.46. The number of carbonyl (C=O) groups excluding carboxylic acids is 2. The van der Waals surface area contributed by atoms with Crippen LogP contribution in [0.2, 0.25) is 0 Å². The van der Waals surface area contributed by atoms with Crippen molar-refractivity contribution in [3.05, 3.63) is 47.3 Å². The number of hydrogen-bond acceptors (Lipinski definition) is 7. The van der Waals surface area contributed by atoms with Crippen molar-refractivity contribution in [2.45, 2.75) is 19.0 Å². The second-order valence-corrected chi connectivity index (χ2v) is 7.68. The van der Waals surface area contributed by atoms with Crippen molar-refractivity contribution < 1.29 is 14.3 Å². The molecule has 27 heavy (non-hydrogen) atoms. The van der Waals surface area contributed by atoms with Gasteiger partial charge in [-0.2, -0.15) is 0 Å². The largest absolute Gasteiger partial charge is 0.463 e. The van der Waals surface area contributed by atoms with Crippen LogP contribution in [0.5, 0.6) is 0 Å². The van der Waals surface area contributed by atoms with Crippen molar-refractivity contribution in [1.82, 2.24) is 19.7 Å². The van der Waals surface area contributed by atoms with Crippen LogP contribution in [0.25, 0.3) is 5.69 Å². The number of rotatable bonds is 7. The van der Waals surface area contributed by atoms with Crippen molar-refractivity contribution in [3.63, 3.8) is 0 Å². The summed E-state index contributed by atoms with van der Waals surface area (Å²) in [4.78, 5) is 25.4. The molecule has 1 aliphatic rings. The molecule has 1 aliphatic heterocycles. The number of nitrogens with zero attached hydrogens (tertiary/aromatic N) is 4. The number of benzene rings is 1. The Balaban J connectivity index is 1.66. The molecule has 142 valence electrons. The molecule has 3 rings (SSSR count). The van der Waals surface area contributed by atoms with Gasteiger partial charge in [-0.25, -0.2) is 4.79 Å². The van der Waals surface area contributed by atoms with E-state index in [9.17, 15) is 9.59 Å². The average molecular weight is 405 g/mol. The van der Waals surface area contributed by atoms with Gasteiger partial charge in [0, 0.05) is 18.0 Å². The summed E-state index contributed by atoms with van der Waals surface area (Å²) in [5, 5.41) is 9.82. The number of aromatic nitrogens is 3. The van der Waals surface area contributed by atoms with E-state index in [0.717, 1.165) is 16.7 Å². The highest BCUT2D eigenvalue weighted by Gasteiger charge is 2.27. The van der Waals surface area contributed by atoms with Gasteiger partial charge in [0.15, 0.2) is 5.16 Å². The molecule has 0 aliphatic carbocycles. The molecule has 0 unspecified atom stereocenters. The second-order valence-electron chi connectivity index (χ2n) is 5.62. The molecule has 0 N–H and O–H groups in total. The molecule has 0 spiro atoms. The van der Waals surface area contributed by atoms with Crippen molar-refractivity contribution in [3.8, 4) is 5.69 Å². The minimum Gasteiger partial charge on any atom is -0.463 e. The van der Waals surface area contributed by atoms with Gasteiger partial charge in [0.1, 0.15) is 5.82 Å². The maximum atomic E-state index is 12.1. The fourth-order valence-electron chi connectivity index (χ4n) is 2.59. The monoisotopic (exact) mass is 404 g/mol. The summed E-state index contributed by atoms with van der Waals surface area (Å²) >= 11 is 2.88. The molecule has 0 atom stereocenters. The van der Waals surface area contributed by atoms with Gasteiger partial charge in [-0.15, -0.1) is 10.2 Å². The van der Waals surface area contributed by atoms with Crippen molar-refractivity contribution >= 4 is 35.4 Å². The van der Waals surface area contributed by atoms with Crippen LogP contribution in [0.15, 0.2) is 46.6 Å². The Morgan fingerprint density at radius 2 is 2.11 bits per heavy atom. The second kappa shape index (κ2) is 9.09. The number of esters is 1. The summed E-state index contributed by atoms with van der Waals surface area (Å²) in [5.74, 6) is 1.36. The predicted octanol–water partition coefficient (Wildman–Crippen LogP) is 2.65. The molecule has 0 bridgehead atoms. The molecule has 0 saturated carbocycles. The first-order chi connectivity index (χ1) is 13.1. The number of carbonyl (C=O) groups is 2. The highest BCUT2D eigenvalue weighted by molar-refractivity contribution is 8.04. The SMILES string of the molecule is CCOC(=O)/C=C1\SCC(=O)N1CCSc1nnc(C)n1-c1ccccc1. The third kappa shape index (κ3) is 4.72. The molecule has 7 nitrogen and oxygen atoms in total. The van der Waals surface area contributed by atoms with E-state index < -0.39 is 5.97 Å². The summed E-state index contributed by atoms with van der Waals surface area (Å²) in [6.07, 6.45) is 1.39. The third-order valence-corrected chi connectivity index (χ3v) is 5.73. The maximum Gasteiger partial charge on any atom is 0.333 e. The van der Waals surface area contributed by atoms with E-state index in [1.54, 1.807) is 11.8 Å². The van der Waals surface area contributed by atoms with Crippen molar-refractivity contribution in [2.75, 3.05) is 24.7 Å². The maximum absolute atomic E-state index is 12.1. The summed E-state index contributed by atoms with van der Waals surface area (Å²) in [6, 6.07) is 9.90. The van der Waals surface area contributed by atoms with Crippen LogP contribution in [0, 0.1) is 6.92 Å². The number of para-hydroxylation sites is 1. The van der Waals surface area contributed by atoms with Gasteiger partial charge in [0.2, 0.25) is 5.91 Å². The van der Waals surface area contributed by atoms with E-state index in [1.165, 1.54) is 29.6 Å². The highest BCUT2D eigenvalue weighted by atomic mass is 32.2. The van der Waals surface area contributed by atoms with Crippen LogP contribution >= 0.6 is 23.5 Å². The lowest BCUT2D eigenvalue weighted by Gasteiger charge is -2.16. The minimum atomic E-state index is -0.424. The molecule has 1 saturated heterocycles. The molecule has 2 aromatic rings. The van der Waals surface area contributed by atoms with Crippen LogP contribution < -0.4 is 0 Å². The Kier molecular flexibility index (Phi) is 6.57. The first kappa shape index (κ1) is 19.5. The zero-order valence-electron chi connectivity index (χ0n) is 15.1. The Labute approximate surface area is 166 Å². The van der Waals surface area contributed by atoms with Gasteiger partial charge >= 0.3 is 5.97 Å². The normalized spacial score (nSPS) is 15.6. The van der Waals surface area contributed by atoms with E-state index in [2.05, 4.69) is 10.2 Å². The van der Waals surface area contributed by atoms with E-state index in [1.807, 2.05) is 41.8 Å². The number of amides is 1. The standard InChI is InChI=1S/C18H20N4O3S2/c1-3-25-17(24)11-16-21(15(23)12-27-16)9-10-26-18-20-19-13(2)22(18)14-7-5-4-6-8-14/h4-8,11H,3,9-10,12H2,1-2H3/b16-11-. The first-order valence-electron chi connectivity index (χ1n) is 8.52. The number of thioether (sulfide) groups is 2. The smallest absolute Gasteiger partial charge is 0.333 e. The summed E-state index contributed by atoms with van der Waals surface area (Å²) in [5.41, 5.74) is 0.998. The minimum absolute atomic E-state index is 0.00291. The fourth-order valence-corrected chi connectivity index (χ4v) is 4.47. The molecule has 2 heterocycles. The number of aryl methyl sites for hydroxylation is 1. The van der Waals surface area contributed by atoms with Crippen LogP contribution in [-0.2, 0) is 14.3 Å². The number of hydrogen-bond donors (Lipinski definition) is 0. The topological polar surface area (TPSA) is 77.3 Å². The van der Waals surface area contributed by atoms with Gasteiger partial charge in [-0.3, -0.25) is 9.36 Å². The van der Waals surface area contributed by atoms with E-state index in [-0.39, 0.29) is 5.91 Å². The van der Waals surface area contributed by atoms with Gasteiger partial charge in [-0.05, 0) is 26.0 Å². The molecule has 1 aromatic heterocycles. The third-order valence-electron chi connectivity index (χ3n) is 3.79. The van der Waals surface area contributed by atoms with Crippen LogP contribution in [0.3, 0.4) is 0 Å². The average Bonchev–Trinajstić information content (AvgIpc) is 3.19. The molecule has 0 radical (unpaired) electrons. The molecular formula is C18H20N4O3S2. The van der Waals surface area contributed by atoms with Crippen LogP contribution in [0.1, 0.15) is 12.7 Å².